The molecule has 170 valence electrons. The van der Waals surface area contributed by atoms with E-state index in [1.165, 1.54) is 0 Å². The molecule has 1 aromatic carbocycles. The number of piperidine rings is 1. The van der Waals surface area contributed by atoms with Crippen LogP contribution in [0.5, 0.6) is 0 Å². The molecule has 2 aliphatic heterocycles. The Bertz CT molecular complexity index is 1090. The van der Waals surface area contributed by atoms with Crippen molar-refractivity contribution in [3.8, 4) is 0 Å². The van der Waals surface area contributed by atoms with Gasteiger partial charge in [-0.05, 0) is 54.9 Å². The van der Waals surface area contributed by atoms with Crippen LogP contribution in [-0.4, -0.2) is 43.5 Å². The number of benzene rings is 1. The first-order valence-electron chi connectivity index (χ1n) is 10.00. The fourth-order valence-corrected chi connectivity index (χ4v) is 5.01. The van der Waals surface area contributed by atoms with Crippen LogP contribution in [0.4, 0.5) is 0 Å². The average molecular weight is 534 g/mol. The largest absolute Gasteiger partial charge is 0.348 e. The minimum atomic E-state index is -1.85. The molecule has 0 saturated carbocycles. The molecule has 11 heteroatoms. The van der Waals surface area contributed by atoms with Crippen molar-refractivity contribution < 1.29 is 4.79 Å². The van der Waals surface area contributed by atoms with Crippen LogP contribution < -0.4 is 16.2 Å². The maximum absolute atomic E-state index is 12.6. The van der Waals surface area contributed by atoms with Gasteiger partial charge in [-0.2, -0.15) is 0 Å². The van der Waals surface area contributed by atoms with Gasteiger partial charge in [-0.3, -0.25) is 9.59 Å². The van der Waals surface area contributed by atoms with Crippen LogP contribution >= 0.6 is 58.6 Å². The second-order valence-corrected chi connectivity index (χ2v) is 11.2. The summed E-state index contributed by atoms with van der Waals surface area (Å²) in [4.78, 5) is 26.9. The van der Waals surface area contributed by atoms with E-state index in [9.17, 15) is 9.59 Å². The number of nitrogens with zero attached hydrogens (tertiary/aromatic N) is 2. The van der Waals surface area contributed by atoms with Crippen molar-refractivity contribution in [2.24, 2.45) is 5.92 Å². The van der Waals surface area contributed by atoms with E-state index in [0.29, 0.717) is 35.3 Å². The first-order valence-corrected chi connectivity index (χ1v) is 11.9. The number of aromatic nitrogens is 1. The molecule has 4 rings (SSSR count). The number of hydrogen-bond donors (Lipinski definition) is 2. The third kappa shape index (κ3) is 5.18. The van der Waals surface area contributed by atoms with E-state index >= 15 is 0 Å². The number of amides is 1. The first-order chi connectivity index (χ1) is 15.1. The summed E-state index contributed by atoms with van der Waals surface area (Å²) in [6.45, 7) is 1.94. The summed E-state index contributed by atoms with van der Waals surface area (Å²) in [5.41, 5.74) is 1.40. The maximum Gasteiger partial charge on any atom is 0.252 e. The van der Waals surface area contributed by atoms with E-state index < -0.39 is 15.9 Å². The Labute approximate surface area is 210 Å². The van der Waals surface area contributed by atoms with Gasteiger partial charge in [-0.1, -0.05) is 52.5 Å². The third-order valence-corrected chi connectivity index (χ3v) is 7.03. The van der Waals surface area contributed by atoms with Crippen LogP contribution in [0.1, 0.15) is 28.4 Å². The molecule has 0 spiro atoms. The van der Waals surface area contributed by atoms with E-state index in [-0.39, 0.29) is 17.4 Å². The lowest BCUT2D eigenvalue weighted by molar-refractivity contribution is 0.0933. The van der Waals surface area contributed by atoms with Crippen molar-refractivity contribution in [1.82, 2.24) is 20.1 Å². The average Bonchev–Trinajstić information content (AvgIpc) is 2.73. The maximum atomic E-state index is 12.6. The van der Waals surface area contributed by atoms with Crippen LogP contribution in [0.2, 0.25) is 5.02 Å². The lowest BCUT2D eigenvalue weighted by atomic mass is 9.83. The molecule has 2 aliphatic rings. The van der Waals surface area contributed by atoms with Gasteiger partial charge in [0.1, 0.15) is 6.17 Å². The molecule has 6 nitrogen and oxygen atoms in total. The van der Waals surface area contributed by atoms with Gasteiger partial charge in [-0.25, -0.2) is 0 Å². The number of nitrogens with one attached hydrogen (secondary N) is 2. The highest BCUT2D eigenvalue weighted by molar-refractivity contribution is 7.80. The molecule has 0 aliphatic carbocycles. The van der Waals surface area contributed by atoms with Gasteiger partial charge in [0.15, 0.2) is 5.11 Å². The number of carbonyl (C=O) groups excluding carboxylic acids is 1. The van der Waals surface area contributed by atoms with E-state index in [4.69, 9.17) is 58.6 Å². The number of pyridine rings is 1. The molecule has 1 amide bonds. The van der Waals surface area contributed by atoms with E-state index in [2.05, 4.69) is 10.6 Å². The van der Waals surface area contributed by atoms with Crippen LogP contribution in [-0.2, 0) is 6.54 Å². The Morgan fingerprint density at radius 1 is 1.06 bits per heavy atom. The molecule has 3 heterocycles. The number of rotatable bonds is 3. The summed E-state index contributed by atoms with van der Waals surface area (Å²) < 4.78 is 0.000814. The van der Waals surface area contributed by atoms with Gasteiger partial charge < -0.3 is 20.1 Å². The fourth-order valence-electron chi connectivity index (χ4n) is 4.29. The molecular weight excluding hydrogens is 514 g/mol. The molecule has 3 atom stereocenters. The molecule has 0 unspecified atom stereocenters. The van der Waals surface area contributed by atoms with Crippen molar-refractivity contribution in [3.63, 3.8) is 0 Å². The summed E-state index contributed by atoms with van der Waals surface area (Å²) in [6.07, 6.45) is -0.0659. The Morgan fingerprint density at radius 3 is 2.47 bits per heavy atom. The minimum absolute atomic E-state index is 0.0209. The van der Waals surface area contributed by atoms with Gasteiger partial charge in [0.05, 0.1) is 0 Å². The highest BCUT2D eigenvalue weighted by Crippen LogP contribution is 2.35. The number of alkyl halides is 3. The van der Waals surface area contributed by atoms with Crippen LogP contribution in [0.3, 0.4) is 0 Å². The Hall–Kier alpha value is -1.51. The molecule has 0 radical (unpaired) electrons. The molecule has 1 aromatic heterocycles. The topological polar surface area (TPSA) is 66.4 Å². The second kappa shape index (κ2) is 9.39. The third-order valence-electron chi connectivity index (χ3n) is 5.74. The van der Waals surface area contributed by atoms with Crippen molar-refractivity contribution in [2.45, 2.75) is 28.8 Å². The Kier molecular flexibility index (Phi) is 6.94. The zero-order valence-electron chi connectivity index (χ0n) is 16.7. The standard InChI is InChI=1S/C21H20Cl4N4O2S/c22-15-6-4-13(5-7-15)18(31)26-19(21(23,24)25)27-20(32)28-9-12-8-14(11-28)16-2-1-3-17(30)29(16)10-12/h1-7,12,14,19H,8-11H2,(H,26,31)(H,27,32)/t12-,14+,19+/m1/s1. The summed E-state index contributed by atoms with van der Waals surface area (Å²) in [5.74, 6) is 0.0131. The number of likely N-dealkylation sites (tertiary alicyclic amines) is 1. The molecule has 2 aromatic rings. The lowest BCUT2D eigenvalue weighted by Crippen LogP contribution is -2.60. The van der Waals surface area contributed by atoms with Crippen molar-refractivity contribution in [1.29, 1.82) is 0 Å². The molecule has 2 N–H and O–H groups in total. The predicted octanol–water partition coefficient (Wildman–Crippen LogP) is 3.92. The number of fused-ring (bicyclic) bond motifs is 4. The number of halogens is 4. The Morgan fingerprint density at radius 2 is 1.78 bits per heavy atom. The summed E-state index contributed by atoms with van der Waals surface area (Å²) in [6, 6.07) is 11.7. The molecule has 2 bridgehead atoms. The van der Waals surface area contributed by atoms with Crippen molar-refractivity contribution >= 4 is 69.6 Å². The number of hydrogen-bond acceptors (Lipinski definition) is 3. The van der Waals surface area contributed by atoms with Gasteiger partial charge in [-0.15, -0.1) is 0 Å². The smallest absolute Gasteiger partial charge is 0.252 e. The quantitative estimate of drug-likeness (QED) is 0.355. The van der Waals surface area contributed by atoms with E-state index in [0.717, 1.165) is 12.1 Å². The van der Waals surface area contributed by atoms with Gasteiger partial charge in [0, 0.05) is 47.9 Å². The molecular formula is C21H20Cl4N4O2S. The van der Waals surface area contributed by atoms with Gasteiger partial charge >= 0.3 is 0 Å². The highest BCUT2D eigenvalue weighted by atomic mass is 35.6. The zero-order chi connectivity index (χ0) is 23.0. The fraction of sp³-hybridized carbons (Fsp3) is 0.381. The zero-order valence-corrected chi connectivity index (χ0v) is 20.6. The lowest BCUT2D eigenvalue weighted by Gasteiger charge is -2.44. The monoisotopic (exact) mass is 532 g/mol. The first kappa shape index (κ1) is 23.6. The van der Waals surface area contributed by atoms with E-state index in [1.807, 2.05) is 15.5 Å². The number of thiocarbonyl (C=S) groups is 1. The van der Waals surface area contributed by atoms with Gasteiger partial charge in [0.25, 0.3) is 11.5 Å². The van der Waals surface area contributed by atoms with Gasteiger partial charge in [0.2, 0.25) is 3.79 Å². The highest BCUT2D eigenvalue weighted by Gasteiger charge is 2.39. The summed E-state index contributed by atoms with van der Waals surface area (Å²) in [5, 5.41) is 6.57. The molecule has 1 saturated heterocycles. The van der Waals surface area contributed by atoms with Crippen LogP contribution in [0.15, 0.2) is 47.3 Å². The summed E-state index contributed by atoms with van der Waals surface area (Å²) in [7, 11) is 0. The van der Waals surface area contributed by atoms with Crippen molar-refractivity contribution in [3.05, 3.63) is 69.1 Å². The molecule has 1 fully saturated rings. The Balaban J connectivity index is 1.47. The van der Waals surface area contributed by atoms with Crippen molar-refractivity contribution in [2.75, 3.05) is 13.1 Å². The predicted molar refractivity (Wildman–Crippen MR) is 132 cm³/mol. The molecule has 32 heavy (non-hydrogen) atoms. The number of carbonyl (C=O) groups is 1. The minimum Gasteiger partial charge on any atom is -0.348 e. The van der Waals surface area contributed by atoms with Crippen LogP contribution in [0.25, 0.3) is 0 Å². The normalized spacial score (nSPS) is 20.8. The van der Waals surface area contributed by atoms with E-state index in [1.54, 1.807) is 36.4 Å². The summed E-state index contributed by atoms with van der Waals surface area (Å²) >= 11 is 29.9. The van der Waals surface area contributed by atoms with Crippen LogP contribution in [0, 0.1) is 5.92 Å². The second-order valence-electron chi connectivity index (χ2n) is 8.01. The SMILES string of the molecule is O=C(N[C@@H](NC(=S)N1C[C@H]2C[C@@H](C1)c1cccc(=O)n1C2)C(Cl)(Cl)Cl)c1ccc(Cl)cc1.